The van der Waals surface area contributed by atoms with Crippen molar-refractivity contribution in [3.8, 4) is 6.07 Å². The Hall–Kier alpha value is -3.17. The maximum atomic E-state index is 13.5. The lowest BCUT2D eigenvalue weighted by Gasteiger charge is -2.35. The number of nitriles is 1. The molecule has 0 aromatic heterocycles. The molecule has 4 rings (SSSR count). The molecule has 2 aromatic carbocycles. The Labute approximate surface area is 198 Å². The second-order valence-electron chi connectivity index (χ2n) is 8.70. The van der Waals surface area contributed by atoms with Crippen molar-refractivity contribution in [2.75, 3.05) is 4.90 Å². The first-order chi connectivity index (χ1) is 16.0. The average molecular weight is 464 g/mol. The predicted molar refractivity (Wildman–Crippen MR) is 126 cm³/mol. The van der Waals surface area contributed by atoms with E-state index in [0.717, 1.165) is 49.0 Å². The monoisotopic (exact) mass is 463 g/mol. The second kappa shape index (κ2) is 10.2. The first-order valence-corrected chi connectivity index (χ1v) is 11.8. The minimum Gasteiger partial charge on any atom is -0.327 e. The van der Waals surface area contributed by atoms with Crippen LogP contribution in [-0.2, 0) is 20.8 Å². The van der Waals surface area contributed by atoms with Gasteiger partial charge in [-0.1, -0.05) is 49.4 Å². The number of carbonyl (C=O) groups is 3. The van der Waals surface area contributed by atoms with E-state index in [0.29, 0.717) is 16.3 Å². The summed E-state index contributed by atoms with van der Waals surface area (Å²) < 4.78 is 0. The largest absolute Gasteiger partial charge is 0.327 e. The van der Waals surface area contributed by atoms with Crippen molar-refractivity contribution in [3.63, 3.8) is 0 Å². The Morgan fingerprint density at radius 2 is 1.64 bits per heavy atom. The van der Waals surface area contributed by atoms with Gasteiger partial charge in [0.15, 0.2) is 0 Å². The van der Waals surface area contributed by atoms with Gasteiger partial charge < -0.3 is 4.90 Å². The SMILES string of the molecule is N#Cc1ccc(N2C(=O)CC(N(C(=O)Cc3ccc(Cl)cc3)C3CCCCCC3)C2=O)cc1. The molecule has 0 radical (unpaired) electrons. The van der Waals surface area contributed by atoms with Crippen LogP contribution in [0.2, 0.25) is 5.02 Å². The number of benzene rings is 2. The summed E-state index contributed by atoms with van der Waals surface area (Å²) in [5.41, 5.74) is 1.70. The maximum absolute atomic E-state index is 13.5. The molecule has 33 heavy (non-hydrogen) atoms. The molecule has 1 heterocycles. The van der Waals surface area contributed by atoms with E-state index in [9.17, 15) is 14.4 Å². The zero-order chi connectivity index (χ0) is 23.4. The minimum atomic E-state index is -0.809. The second-order valence-corrected chi connectivity index (χ2v) is 9.13. The van der Waals surface area contributed by atoms with Crippen molar-refractivity contribution in [2.24, 2.45) is 0 Å². The lowest BCUT2D eigenvalue weighted by Crippen LogP contribution is -2.51. The van der Waals surface area contributed by atoms with Gasteiger partial charge in [0.25, 0.3) is 5.91 Å². The number of anilines is 1. The van der Waals surface area contributed by atoms with Gasteiger partial charge in [-0.2, -0.15) is 5.26 Å². The molecule has 2 aromatic rings. The molecular weight excluding hydrogens is 438 g/mol. The summed E-state index contributed by atoms with van der Waals surface area (Å²) in [4.78, 5) is 42.8. The Balaban J connectivity index is 1.62. The summed E-state index contributed by atoms with van der Waals surface area (Å²) in [5.74, 6) is -0.844. The number of hydrogen-bond donors (Lipinski definition) is 0. The van der Waals surface area contributed by atoms with E-state index in [2.05, 4.69) is 0 Å². The van der Waals surface area contributed by atoms with Gasteiger partial charge in [-0.3, -0.25) is 14.4 Å². The third kappa shape index (κ3) is 5.09. The third-order valence-electron chi connectivity index (χ3n) is 6.49. The summed E-state index contributed by atoms with van der Waals surface area (Å²) in [6.45, 7) is 0. The van der Waals surface area contributed by atoms with E-state index < -0.39 is 6.04 Å². The molecule has 2 fully saturated rings. The van der Waals surface area contributed by atoms with Gasteiger partial charge >= 0.3 is 0 Å². The van der Waals surface area contributed by atoms with E-state index >= 15 is 0 Å². The molecule has 6 nitrogen and oxygen atoms in total. The molecule has 1 unspecified atom stereocenters. The van der Waals surface area contributed by atoms with Crippen LogP contribution in [0.5, 0.6) is 0 Å². The number of carbonyl (C=O) groups excluding carboxylic acids is 3. The molecular formula is C26H26ClN3O3. The molecule has 3 amide bonds. The van der Waals surface area contributed by atoms with Gasteiger partial charge in [-0.05, 0) is 54.8 Å². The lowest BCUT2D eigenvalue weighted by atomic mass is 10.0. The van der Waals surface area contributed by atoms with Crippen LogP contribution in [0.4, 0.5) is 5.69 Å². The van der Waals surface area contributed by atoms with E-state index in [1.54, 1.807) is 41.3 Å². The Kier molecular flexibility index (Phi) is 7.10. The van der Waals surface area contributed by atoms with E-state index in [4.69, 9.17) is 16.9 Å². The molecule has 7 heteroatoms. The molecule has 0 spiro atoms. The zero-order valence-electron chi connectivity index (χ0n) is 18.4. The first kappa shape index (κ1) is 23.0. The Bertz CT molecular complexity index is 1070. The minimum absolute atomic E-state index is 0.0261. The predicted octanol–water partition coefficient (Wildman–Crippen LogP) is 4.64. The molecule has 0 bridgehead atoms. The maximum Gasteiger partial charge on any atom is 0.257 e. The highest BCUT2D eigenvalue weighted by molar-refractivity contribution is 6.30. The fourth-order valence-electron chi connectivity index (χ4n) is 4.83. The third-order valence-corrected chi connectivity index (χ3v) is 6.74. The van der Waals surface area contributed by atoms with Crippen LogP contribution < -0.4 is 4.90 Å². The van der Waals surface area contributed by atoms with Crippen molar-refractivity contribution in [1.82, 2.24) is 4.90 Å². The van der Waals surface area contributed by atoms with Crippen molar-refractivity contribution in [2.45, 2.75) is 63.5 Å². The number of halogens is 1. The summed E-state index contributed by atoms with van der Waals surface area (Å²) in [6.07, 6.45) is 6.04. The highest BCUT2D eigenvalue weighted by Crippen LogP contribution is 2.31. The number of rotatable bonds is 5. The molecule has 1 aliphatic heterocycles. The van der Waals surface area contributed by atoms with Crippen LogP contribution in [0.3, 0.4) is 0 Å². The van der Waals surface area contributed by atoms with E-state index in [1.807, 2.05) is 18.2 Å². The first-order valence-electron chi connectivity index (χ1n) is 11.4. The van der Waals surface area contributed by atoms with Gasteiger partial charge in [-0.15, -0.1) is 0 Å². The van der Waals surface area contributed by atoms with Crippen LogP contribution in [0.1, 0.15) is 56.1 Å². The highest BCUT2D eigenvalue weighted by atomic mass is 35.5. The van der Waals surface area contributed by atoms with Crippen molar-refractivity contribution in [3.05, 3.63) is 64.7 Å². The summed E-state index contributed by atoms with van der Waals surface area (Å²) in [6, 6.07) is 14.7. The number of hydrogen-bond acceptors (Lipinski definition) is 4. The molecule has 0 N–H and O–H groups in total. The Morgan fingerprint density at radius 1 is 1.00 bits per heavy atom. The molecule has 1 atom stereocenters. The molecule has 1 saturated carbocycles. The van der Waals surface area contributed by atoms with Crippen molar-refractivity contribution in [1.29, 1.82) is 5.26 Å². The smallest absolute Gasteiger partial charge is 0.257 e. The normalized spacial score (nSPS) is 19.3. The number of nitrogens with zero attached hydrogens (tertiary/aromatic N) is 3. The van der Waals surface area contributed by atoms with Crippen molar-refractivity contribution >= 4 is 35.0 Å². The average Bonchev–Trinajstić information content (AvgIpc) is 2.98. The van der Waals surface area contributed by atoms with Gasteiger partial charge in [0.05, 0.1) is 30.2 Å². The summed E-state index contributed by atoms with van der Waals surface area (Å²) in [5, 5.41) is 9.63. The van der Waals surface area contributed by atoms with Crippen LogP contribution in [-0.4, -0.2) is 34.7 Å². The zero-order valence-corrected chi connectivity index (χ0v) is 19.1. The fourth-order valence-corrected chi connectivity index (χ4v) is 4.95. The number of amides is 3. The van der Waals surface area contributed by atoms with Crippen LogP contribution in [0.15, 0.2) is 48.5 Å². The fraction of sp³-hybridized carbons (Fsp3) is 0.385. The molecule has 1 aliphatic carbocycles. The topological polar surface area (TPSA) is 81.5 Å². The summed E-state index contributed by atoms with van der Waals surface area (Å²) >= 11 is 5.98. The van der Waals surface area contributed by atoms with Crippen LogP contribution in [0, 0.1) is 11.3 Å². The van der Waals surface area contributed by atoms with Crippen LogP contribution in [0.25, 0.3) is 0 Å². The van der Waals surface area contributed by atoms with Gasteiger partial charge in [0.2, 0.25) is 11.8 Å². The summed E-state index contributed by atoms with van der Waals surface area (Å²) in [7, 11) is 0. The van der Waals surface area contributed by atoms with Gasteiger partial charge in [0, 0.05) is 11.1 Å². The van der Waals surface area contributed by atoms with Crippen molar-refractivity contribution < 1.29 is 14.4 Å². The molecule has 170 valence electrons. The Morgan fingerprint density at radius 3 is 2.24 bits per heavy atom. The quantitative estimate of drug-likeness (QED) is 0.478. The van der Waals surface area contributed by atoms with E-state index in [-0.39, 0.29) is 36.6 Å². The lowest BCUT2D eigenvalue weighted by molar-refractivity contribution is -0.140. The van der Waals surface area contributed by atoms with Gasteiger partial charge in [-0.25, -0.2) is 4.90 Å². The standard InChI is InChI=1S/C26H26ClN3O3/c27-20-11-7-18(8-12-20)15-24(31)29(21-5-3-1-2-4-6-21)23-16-25(32)30(26(23)33)22-13-9-19(17-28)10-14-22/h7-14,21,23H,1-6,15-16H2. The highest BCUT2D eigenvalue weighted by Gasteiger charge is 2.46. The molecule has 2 aliphatic rings. The van der Waals surface area contributed by atoms with Crippen LogP contribution >= 0.6 is 11.6 Å². The molecule has 1 saturated heterocycles. The van der Waals surface area contributed by atoms with E-state index in [1.165, 1.54) is 0 Å². The van der Waals surface area contributed by atoms with Gasteiger partial charge in [0.1, 0.15) is 6.04 Å². The number of imide groups is 1.